The van der Waals surface area contributed by atoms with Gasteiger partial charge in [-0.25, -0.2) is 8.42 Å². The first-order chi connectivity index (χ1) is 16.3. The Bertz CT molecular complexity index is 1340. The molecule has 1 heterocycles. The van der Waals surface area contributed by atoms with E-state index < -0.39 is 15.9 Å². The van der Waals surface area contributed by atoms with Crippen LogP contribution in [0.1, 0.15) is 33.6 Å². The summed E-state index contributed by atoms with van der Waals surface area (Å²) in [5, 5.41) is 3.18. The third-order valence-electron chi connectivity index (χ3n) is 5.73. The van der Waals surface area contributed by atoms with Gasteiger partial charge in [0, 0.05) is 30.7 Å². The normalized spacial score (nSPS) is 13.5. The van der Waals surface area contributed by atoms with E-state index in [9.17, 15) is 18.0 Å². The number of sulfonamides is 1. The molecular formula is C25H24ClN3O4S. The first-order valence-corrected chi connectivity index (χ1v) is 12.6. The van der Waals surface area contributed by atoms with Gasteiger partial charge < -0.3 is 10.2 Å². The molecule has 4 rings (SSSR count). The zero-order valence-electron chi connectivity index (χ0n) is 18.6. The average Bonchev–Trinajstić information content (AvgIpc) is 3.38. The number of benzene rings is 3. The lowest BCUT2D eigenvalue weighted by Gasteiger charge is -2.20. The van der Waals surface area contributed by atoms with E-state index in [2.05, 4.69) is 5.32 Å². The zero-order chi connectivity index (χ0) is 24.3. The Morgan fingerprint density at radius 3 is 2.38 bits per heavy atom. The van der Waals surface area contributed by atoms with Crippen LogP contribution in [0, 0.1) is 0 Å². The number of anilines is 2. The lowest BCUT2D eigenvalue weighted by atomic mass is 10.1. The summed E-state index contributed by atoms with van der Waals surface area (Å²) >= 11 is 6.00. The van der Waals surface area contributed by atoms with E-state index in [1.165, 1.54) is 31.3 Å². The van der Waals surface area contributed by atoms with Crippen molar-refractivity contribution in [1.82, 2.24) is 4.90 Å². The molecule has 7 nitrogen and oxygen atoms in total. The molecule has 1 fully saturated rings. The van der Waals surface area contributed by atoms with E-state index in [0.29, 0.717) is 35.1 Å². The van der Waals surface area contributed by atoms with Gasteiger partial charge in [0.05, 0.1) is 21.8 Å². The lowest BCUT2D eigenvalue weighted by molar-refractivity contribution is 0.0794. The van der Waals surface area contributed by atoms with Crippen LogP contribution in [-0.2, 0) is 10.0 Å². The second kappa shape index (κ2) is 9.87. The van der Waals surface area contributed by atoms with Crippen LogP contribution in [0.15, 0.2) is 77.7 Å². The zero-order valence-corrected chi connectivity index (χ0v) is 20.1. The summed E-state index contributed by atoms with van der Waals surface area (Å²) < 4.78 is 27.4. The number of carbonyl (C=O) groups is 2. The number of hydrogen-bond donors (Lipinski definition) is 1. The van der Waals surface area contributed by atoms with Gasteiger partial charge in [0.2, 0.25) is 0 Å². The van der Waals surface area contributed by atoms with Crippen molar-refractivity contribution in [2.45, 2.75) is 17.7 Å². The van der Waals surface area contributed by atoms with Gasteiger partial charge in [-0.1, -0.05) is 35.9 Å². The van der Waals surface area contributed by atoms with Crippen LogP contribution in [0.3, 0.4) is 0 Å². The summed E-state index contributed by atoms with van der Waals surface area (Å²) in [5.74, 6) is -0.642. The molecule has 3 aromatic carbocycles. The van der Waals surface area contributed by atoms with Gasteiger partial charge in [-0.05, 0) is 61.4 Å². The summed E-state index contributed by atoms with van der Waals surface area (Å²) in [5.41, 5.74) is 1.34. The third-order valence-corrected chi connectivity index (χ3v) is 7.74. The van der Waals surface area contributed by atoms with Gasteiger partial charge >= 0.3 is 0 Å². The maximum Gasteiger partial charge on any atom is 0.264 e. The molecule has 34 heavy (non-hydrogen) atoms. The molecule has 1 aliphatic rings. The van der Waals surface area contributed by atoms with Gasteiger partial charge in [-0.3, -0.25) is 13.9 Å². The molecular weight excluding hydrogens is 474 g/mol. The Kier molecular flexibility index (Phi) is 6.90. The minimum absolute atomic E-state index is 0.0379. The smallest absolute Gasteiger partial charge is 0.264 e. The van der Waals surface area contributed by atoms with E-state index >= 15 is 0 Å². The Hall–Kier alpha value is -3.36. The molecule has 0 radical (unpaired) electrons. The Morgan fingerprint density at radius 1 is 0.941 bits per heavy atom. The van der Waals surface area contributed by atoms with Crippen molar-refractivity contribution in [2.24, 2.45) is 0 Å². The molecule has 3 aromatic rings. The molecule has 1 saturated heterocycles. The van der Waals surface area contributed by atoms with Crippen LogP contribution < -0.4 is 9.62 Å². The van der Waals surface area contributed by atoms with E-state index in [-0.39, 0.29) is 16.4 Å². The van der Waals surface area contributed by atoms with Crippen molar-refractivity contribution >= 4 is 44.8 Å². The number of para-hydroxylation sites is 1. The molecule has 1 aliphatic heterocycles. The third kappa shape index (κ3) is 4.93. The quantitative estimate of drug-likeness (QED) is 0.537. The first-order valence-electron chi connectivity index (χ1n) is 10.8. The molecule has 0 aliphatic carbocycles. The maximum absolute atomic E-state index is 13.2. The van der Waals surface area contributed by atoms with Crippen LogP contribution >= 0.6 is 11.6 Å². The summed E-state index contributed by atoms with van der Waals surface area (Å²) in [7, 11) is -2.51. The van der Waals surface area contributed by atoms with E-state index in [1.54, 1.807) is 53.4 Å². The van der Waals surface area contributed by atoms with E-state index in [4.69, 9.17) is 11.6 Å². The fraction of sp³-hybridized carbons (Fsp3) is 0.200. The molecule has 0 atom stereocenters. The van der Waals surface area contributed by atoms with Crippen LogP contribution in [-0.4, -0.2) is 45.3 Å². The second-order valence-electron chi connectivity index (χ2n) is 7.98. The number of nitrogens with zero attached hydrogens (tertiary/aromatic N) is 2. The highest BCUT2D eigenvalue weighted by Crippen LogP contribution is 2.26. The fourth-order valence-electron chi connectivity index (χ4n) is 3.83. The molecule has 0 aromatic heterocycles. The van der Waals surface area contributed by atoms with Crippen LogP contribution in [0.5, 0.6) is 0 Å². The van der Waals surface area contributed by atoms with E-state index in [0.717, 1.165) is 17.1 Å². The summed E-state index contributed by atoms with van der Waals surface area (Å²) in [6.07, 6.45) is 1.93. The number of rotatable bonds is 6. The molecule has 0 saturated carbocycles. The summed E-state index contributed by atoms with van der Waals surface area (Å²) in [6, 6.07) is 19.1. The number of carbonyl (C=O) groups excluding carboxylic acids is 2. The van der Waals surface area contributed by atoms with Crippen LogP contribution in [0.4, 0.5) is 11.4 Å². The highest BCUT2D eigenvalue weighted by Gasteiger charge is 2.24. The molecule has 0 unspecified atom stereocenters. The summed E-state index contributed by atoms with van der Waals surface area (Å²) in [4.78, 5) is 27.6. The number of hydrogen-bond acceptors (Lipinski definition) is 4. The molecule has 9 heteroatoms. The number of halogens is 1. The van der Waals surface area contributed by atoms with Gasteiger partial charge in [-0.15, -0.1) is 0 Å². The van der Waals surface area contributed by atoms with Crippen molar-refractivity contribution in [3.63, 3.8) is 0 Å². The molecule has 2 amide bonds. The largest absolute Gasteiger partial charge is 0.339 e. The predicted octanol–water partition coefficient (Wildman–Crippen LogP) is 4.65. The Labute approximate surface area is 204 Å². The highest BCUT2D eigenvalue weighted by atomic mass is 35.5. The molecule has 0 spiro atoms. The monoisotopic (exact) mass is 497 g/mol. The van der Waals surface area contributed by atoms with Crippen molar-refractivity contribution < 1.29 is 18.0 Å². The minimum Gasteiger partial charge on any atom is -0.339 e. The molecule has 176 valence electrons. The minimum atomic E-state index is -3.94. The van der Waals surface area contributed by atoms with Crippen molar-refractivity contribution in [3.8, 4) is 0 Å². The standard InChI is InChI=1S/C25H24ClN3O4S/c1-28(20-10-7-9-19(26)17-20)34(32,33)21-11-6-8-18(16-21)24(30)27-23-13-3-2-12-22(23)25(31)29-14-4-5-15-29/h2-3,6-13,16-17H,4-5,14-15H2,1H3,(H,27,30). The van der Waals surface area contributed by atoms with Crippen molar-refractivity contribution in [3.05, 3.63) is 88.9 Å². The second-order valence-corrected chi connectivity index (χ2v) is 10.4. The van der Waals surface area contributed by atoms with Crippen LogP contribution in [0.25, 0.3) is 0 Å². The SMILES string of the molecule is CN(c1cccc(Cl)c1)S(=O)(=O)c1cccc(C(=O)Nc2ccccc2C(=O)N2CCCC2)c1. The van der Waals surface area contributed by atoms with E-state index in [1.807, 2.05) is 0 Å². The number of amides is 2. The van der Waals surface area contributed by atoms with Gasteiger partial charge in [-0.2, -0.15) is 0 Å². The number of nitrogens with one attached hydrogen (secondary N) is 1. The topological polar surface area (TPSA) is 86.8 Å². The van der Waals surface area contributed by atoms with Gasteiger partial charge in [0.15, 0.2) is 0 Å². The average molecular weight is 498 g/mol. The number of likely N-dealkylation sites (tertiary alicyclic amines) is 1. The van der Waals surface area contributed by atoms with Gasteiger partial charge in [0.1, 0.15) is 0 Å². The highest BCUT2D eigenvalue weighted by molar-refractivity contribution is 7.92. The van der Waals surface area contributed by atoms with Crippen LogP contribution in [0.2, 0.25) is 5.02 Å². The first kappa shape index (κ1) is 23.8. The van der Waals surface area contributed by atoms with Crippen molar-refractivity contribution in [1.29, 1.82) is 0 Å². The molecule has 1 N–H and O–H groups in total. The van der Waals surface area contributed by atoms with Gasteiger partial charge in [0.25, 0.3) is 21.8 Å². The lowest BCUT2D eigenvalue weighted by Crippen LogP contribution is -2.29. The Balaban J connectivity index is 1.58. The fourth-order valence-corrected chi connectivity index (χ4v) is 5.25. The molecule has 0 bridgehead atoms. The summed E-state index contributed by atoms with van der Waals surface area (Å²) in [6.45, 7) is 1.39. The maximum atomic E-state index is 13.2. The Morgan fingerprint density at radius 2 is 1.65 bits per heavy atom. The predicted molar refractivity (Wildman–Crippen MR) is 133 cm³/mol. The van der Waals surface area contributed by atoms with Crippen molar-refractivity contribution in [2.75, 3.05) is 29.8 Å².